The number of ether oxygens (including phenoxy) is 1. The van der Waals surface area contributed by atoms with Crippen LogP contribution in [0.15, 0.2) is 30.5 Å². The quantitative estimate of drug-likeness (QED) is 0.694. The summed E-state index contributed by atoms with van der Waals surface area (Å²) in [5.74, 6) is 0.494. The minimum atomic E-state index is -2.56. The third-order valence-electron chi connectivity index (χ3n) is 4.73. The van der Waals surface area contributed by atoms with Crippen LogP contribution in [0.2, 0.25) is 0 Å². The lowest BCUT2D eigenvalue weighted by atomic mass is 10.1. The third-order valence-corrected chi connectivity index (χ3v) is 4.73. The number of alkyl halides is 2. The van der Waals surface area contributed by atoms with E-state index in [0.29, 0.717) is 17.1 Å². The van der Waals surface area contributed by atoms with Crippen molar-refractivity contribution in [3.63, 3.8) is 0 Å². The van der Waals surface area contributed by atoms with Crippen LogP contribution in [-0.2, 0) is 11.2 Å². The molecule has 1 N–H and O–H groups in total. The molecule has 2 aromatic rings. The van der Waals surface area contributed by atoms with E-state index < -0.39 is 25.0 Å². The first-order valence-electron chi connectivity index (χ1n) is 9.50. The van der Waals surface area contributed by atoms with Crippen molar-refractivity contribution in [2.45, 2.75) is 45.6 Å². The molecule has 29 heavy (non-hydrogen) atoms. The van der Waals surface area contributed by atoms with Gasteiger partial charge in [-0.05, 0) is 49.9 Å². The molecule has 1 aromatic heterocycles. The molecule has 1 aliphatic rings. The van der Waals surface area contributed by atoms with Crippen LogP contribution >= 0.6 is 0 Å². The van der Waals surface area contributed by atoms with Gasteiger partial charge in [0.05, 0.1) is 12.5 Å². The van der Waals surface area contributed by atoms with E-state index in [1.165, 1.54) is 12.3 Å². The second-order valence-electron chi connectivity index (χ2n) is 7.20. The van der Waals surface area contributed by atoms with Crippen LogP contribution in [0.25, 0.3) is 0 Å². The van der Waals surface area contributed by atoms with Crippen molar-refractivity contribution in [1.29, 1.82) is 0 Å². The summed E-state index contributed by atoms with van der Waals surface area (Å²) in [4.78, 5) is 32.8. The number of aryl methyl sites for hydroxylation is 1. The molecule has 0 saturated heterocycles. The number of rotatable bonds is 9. The van der Waals surface area contributed by atoms with Crippen molar-refractivity contribution >= 4 is 11.7 Å². The first-order valence-corrected chi connectivity index (χ1v) is 9.50. The second kappa shape index (κ2) is 9.07. The molecule has 6 nitrogen and oxygen atoms in total. The minimum Gasteiger partial charge on any atom is -0.487 e. The van der Waals surface area contributed by atoms with Gasteiger partial charge >= 0.3 is 0 Å². The number of nitrogens with zero attached hydrogens (tertiary/aromatic N) is 2. The Balaban J connectivity index is 1.65. The fourth-order valence-electron chi connectivity index (χ4n) is 2.86. The number of hydrogen-bond acceptors (Lipinski definition) is 5. The average Bonchev–Trinajstić information content (AvgIpc) is 3.52. The van der Waals surface area contributed by atoms with E-state index in [1.807, 2.05) is 0 Å². The van der Waals surface area contributed by atoms with E-state index in [1.54, 1.807) is 32.0 Å². The van der Waals surface area contributed by atoms with Gasteiger partial charge in [-0.15, -0.1) is 0 Å². The molecule has 1 aromatic carbocycles. The van der Waals surface area contributed by atoms with Gasteiger partial charge in [0.1, 0.15) is 29.7 Å². The van der Waals surface area contributed by atoms with Crippen LogP contribution in [0.1, 0.15) is 53.2 Å². The number of amides is 1. The second-order valence-corrected chi connectivity index (χ2v) is 7.20. The first-order chi connectivity index (χ1) is 13.8. The van der Waals surface area contributed by atoms with Gasteiger partial charge in [0, 0.05) is 12.1 Å². The highest BCUT2D eigenvalue weighted by Gasteiger charge is 2.30. The lowest BCUT2D eigenvalue weighted by Crippen LogP contribution is -2.28. The predicted molar refractivity (Wildman–Crippen MR) is 102 cm³/mol. The van der Waals surface area contributed by atoms with E-state index in [2.05, 4.69) is 15.3 Å². The summed E-state index contributed by atoms with van der Waals surface area (Å²) >= 11 is 0. The van der Waals surface area contributed by atoms with Crippen LogP contribution in [0.5, 0.6) is 5.75 Å². The molecule has 1 atom stereocenters. The number of hydrogen-bond donors (Lipinski definition) is 1. The topological polar surface area (TPSA) is 81.2 Å². The summed E-state index contributed by atoms with van der Waals surface area (Å²) in [7, 11) is 0. The van der Waals surface area contributed by atoms with E-state index in [9.17, 15) is 18.4 Å². The van der Waals surface area contributed by atoms with Crippen LogP contribution in [0.4, 0.5) is 8.78 Å². The number of carbonyl (C=O) groups is 2. The number of Topliss-reactive ketones (excluding diaryl/α,β-unsaturated/α-hetero) is 1. The Hall–Kier alpha value is -2.90. The summed E-state index contributed by atoms with van der Waals surface area (Å²) in [5, 5.41) is 2.82. The Morgan fingerprint density at radius 1 is 1.28 bits per heavy atom. The lowest BCUT2D eigenvalue weighted by molar-refractivity contribution is -0.119. The molecule has 1 amide bonds. The van der Waals surface area contributed by atoms with Gasteiger partial charge in [-0.2, -0.15) is 0 Å². The molecule has 1 aliphatic carbocycles. The summed E-state index contributed by atoms with van der Waals surface area (Å²) in [6, 6.07) is 6.28. The Labute approximate surface area is 167 Å². The third kappa shape index (κ3) is 5.79. The van der Waals surface area contributed by atoms with Gasteiger partial charge in [-0.25, -0.2) is 18.7 Å². The first kappa shape index (κ1) is 20.8. The lowest BCUT2D eigenvalue weighted by Gasteiger charge is -2.17. The maximum absolute atomic E-state index is 12.6. The zero-order chi connectivity index (χ0) is 21.0. The van der Waals surface area contributed by atoms with Crippen LogP contribution in [-0.4, -0.2) is 34.7 Å². The minimum absolute atomic E-state index is 0.104. The SMILES string of the molecule is Cc1ccc(C(C)NC(=O)c2ccnc(CC(=O)C3CC3)n2)cc1OCC(F)F. The normalized spacial score (nSPS) is 14.5. The van der Waals surface area contributed by atoms with E-state index in [4.69, 9.17) is 4.74 Å². The van der Waals surface area contributed by atoms with E-state index >= 15 is 0 Å². The fraction of sp³-hybridized carbons (Fsp3) is 0.429. The van der Waals surface area contributed by atoms with E-state index in [0.717, 1.165) is 18.4 Å². The Morgan fingerprint density at radius 2 is 2.03 bits per heavy atom. The van der Waals surface area contributed by atoms with Crippen LogP contribution in [0.3, 0.4) is 0 Å². The summed E-state index contributed by atoms with van der Waals surface area (Å²) in [6.45, 7) is 2.85. The zero-order valence-electron chi connectivity index (χ0n) is 16.3. The number of halogens is 2. The molecular formula is C21H23F2N3O3. The Bertz CT molecular complexity index is 900. The van der Waals surface area contributed by atoms with Crippen molar-refractivity contribution in [1.82, 2.24) is 15.3 Å². The molecule has 0 radical (unpaired) electrons. The van der Waals surface area contributed by atoms with Crippen LogP contribution in [0, 0.1) is 12.8 Å². The number of carbonyl (C=O) groups excluding carboxylic acids is 2. The van der Waals surface area contributed by atoms with Gasteiger partial charge in [0.25, 0.3) is 12.3 Å². The number of benzene rings is 1. The summed E-state index contributed by atoms with van der Waals surface area (Å²) in [6.07, 6.45) is 0.856. The molecule has 0 spiro atoms. The molecule has 0 aliphatic heterocycles. The molecule has 8 heteroatoms. The Morgan fingerprint density at radius 3 is 2.72 bits per heavy atom. The van der Waals surface area contributed by atoms with Crippen molar-refractivity contribution < 1.29 is 23.1 Å². The molecule has 1 fully saturated rings. The number of nitrogens with one attached hydrogen (secondary N) is 1. The fourth-order valence-corrected chi connectivity index (χ4v) is 2.86. The average molecular weight is 403 g/mol. The number of aromatic nitrogens is 2. The predicted octanol–water partition coefficient (Wildman–Crippen LogP) is 3.44. The largest absolute Gasteiger partial charge is 0.487 e. The van der Waals surface area contributed by atoms with Gasteiger partial charge in [0.2, 0.25) is 0 Å². The van der Waals surface area contributed by atoms with Crippen LogP contribution < -0.4 is 10.1 Å². The molecule has 3 rings (SSSR count). The number of ketones is 1. The monoisotopic (exact) mass is 403 g/mol. The van der Waals surface area contributed by atoms with E-state index in [-0.39, 0.29) is 23.8 Å². The molecule has 1 saturated carbocycles. The maximum Gasteiger partial charge on any atom is 0.272 e. The molecule has 1 unspecified atom stereocenters. The zero-order valence-corrected chi connectivity index (χ0v) is 16.3. The van der Waals surface area contributed by atoms with Crippen molar-refractivity contribution in [3.8, 4) is 5.75 Å². The van der Waals surface area contributed by atoms with Crippen molar-refractivity contribution in [2.24, 2.45) is 5.92 Å². The van der Waals surface area contributed by atoms with Crippen molar-refractivity contribution in [3.05, 3.63) is 53.1 Å². The van der Waals surface area contributed by atoms with Crippen molar-refractivity contribution in [2.75, 3.05) is 6.61 Å². The highest BCUT2D eigenvalue weighted by molar-refractivity contribution is 5.92. The molecule has 0 bridgehead atoms. The maximum atomic E-state index is 12.6. The summed E-state index contributed by atoms with van der Waals surface area (Å²) < 4.78 is 30.0. The highest BCUT2D eigenvalue weighted by atomic mass is 19.3. The van der Waals surface area contributed by atoms with Gasteiger partial charge in [0.15, 0.2) is 0 Å². The smallest absolute Gasteiger partial charge is 0.272 e. The molecule has 1 heterocycles. The highest BCUT2D eigenvalue weighted by Crippen LogP contribution is 2.30. The standard InChI is InChI=1S/C21H23F2N3O3/c1-12-3-4-15(9-18(12)29-11-19(22)23)13(2)25-21(28)16-7-8-24-20(26-16)10-17(27)14-5-6-14/h3-4,7-9,13-14,19H,5-6,10-11H2,1-2H3,(H,25,28). The van der Waals surface area contributed by atoms with Gasteiger partial charge < -0.3 is 10.1 Å². The molecular weight excluding hydrogens is 380 g/mol. The Kier molecular flexibility index (Phi) is 6.51. The molecule has 154 valence electrons. The van der Waals surface area contributed by atoms with Gasteiger partial charge in [-0.1, -0.05) is 12.1 Å². The summed E-state index contributed by atoms with van der Waals surface area (Å²) in [5.41, 5.74) is 1.62. The van der Waals surface area contributed by atoms with Gasteiger partial charge in [-0.3, -0.25) is 9.59 Å².